The fourth-order valence-electron chi connectivity index (χ4n) is 4.45. The highest BCUT2D eigenvalue weighted by Gasteiger charge is 2.24. The summed E-state index contributed by atoms with van der Waals surface area (Å²) < 4.78 is 69.0. The number of aromatic hydroxyl groups is 1. The fourth-order valence-corrected chi connectivity index (χ4v) is 6.97. The second-order valence-electron chi connectivity index (χ2n) is 11.4. The van der Waals surface area contributed by atoms with E-state index in [2.05, 4.69) is 0 Å². The van der Waals surface area contributed by atoms with E-state index in [1.54, 1.807) is 50.2 Å². The van der Waals surface area contributed by atoms with Crippen LogP contribution in [0.2, 0.25) is 0 Å². The minimum atomic E-state index is -3.72. The van der Waals surface area contributed by atoms with Crippen LogP contribution in [-0.4, -0.2) is 53.5 Å². The minimum absolute atomic E-state index is 0.00654. The molecule has 4 aromatic carbocycles. The van der Waals surface area contributed by atoms with Crippen molar-refractivity contribution in [3.63, 3.8) is 0 Å². The minimum Gasteiger partial charge on any atom is -0.508 e. The molecule has 0 aromatic heterocycles. The molecular formula is C34H38O9S2. The molecule has 0 bridgehead atoms. The number of hydrogen-bond acceptors (Lipinski definition) is 9. The largest absolute Gasteiger partial charge is 0.508 e. The molecule has 45 heavy (non-hydrogen) atoms. The lowest BCUT2D eigenvalue weighted by Crippen LogP contribution is -2.24. The van der Waals surface area contributed by atoms with Gasteiger partial charge in [-0.3, -0.25) is 0 Å². The van der Waals surface area contributed by atoms with Crippen molar-refractivity contribution >= 4 is 19.7 Å². The van der Waals surface area contributed by atoms with E-state index in [-0.39, 0.29) is 31.9 Å². The van der Waals surface area contributed by atoms with Crippen LogP contribution >= 0.6 is 0 Å². The molecule has 0 saturated carbocycles. The quantitative estimate of drug-likeness (QED) is 0.166. The maximum absolute atomic E-state index is 13.0. The molecule has 4 aromatic rings. The van der Waals surface area contributed by atoms with Crippen molar-refractivity contribution < 1.29 is 41.3 Å². The summed E-state index contributed by atoms with van der Waals surface area (Å²) in [4.78, 5) is 0.514. The first-order chi connectivity index (χ1) is 21.1. The Balaban J connectivity index is 1.20. The maximum atomic E-state index is 13.0. The summed E-state index contributed by atoms with van der Waals surface area (Å²) >= 11 is 0. The molecule has 0 atom stereocenters. The van der Waals surface area contributed by atoms with Gasteiger partial charge in [-0.2, -0.15) is 0 Å². The molecule has 0 fully saturated rings. The third-order valence-electron chi connectivity index (χ3n) is 7.20. The van der Waals surface area contributed by atoms with Gasteiger partial charge in [-0.1, -0.05) is 24.3 Å². The van der Waals surface area contributed by atoms with Crippen molar-refractivity contribution in [3.8, 4) is 11.5 Å². The Bertz CT molecular complexity index is 1770. The van der Waals surface area contributed by atoms with Crippen LogP contribution in [0.15, 0.2) is 117 Å². The van der Waals surface area contributed by atoms with Crippen LogP contribution in [0.25, 0.3) is 0 Å². The van der Waals surface area contributed by atoms with Crippen LogP contribution in [0.3, 0.4) is 0 Å². The van der Waals surface area contributed by atoms with E-state index < -0.39 is 30.9 Å². The average molecular weight is 655 g/mol. The molecule has 0 amide bonds. The van der Waals surface area contributed by atoms with Crippen LogP contribution < -0.4 is 4.74 Å². The van der Waals surface area contributed by atoms with Crippen molar-refractivity contribution in [2.45, 2.75) is 58.5 Å². The van der Waals surface area contributed by atoms with E-state index in [0.717, 1.165) is 5.56 Å². The van der Waals surface area contributed by atoms with Crippen molar-refractivity contribution in [2.24, 2.45) is 0 Å². The predicted octanol–water partition coefficient (Wildman–Crippen LogP) is 5.63. The van der Waals surface area contributed by atoms with Gasteiger partial charge in [0, 0.05) is 0 Å². The second-order valence-corrected chi connectivity index (χ2v) is 15.3. The lowest BCUT2D eigenvalue weighted by Gasteiger charge is -2.26. The fraction of sp³-hybridized carbons (Fsp3) is 0.294. The summed E-state index contributed by atoms with van der Waals surface area (Å²) in [5.41, 5.74) is -0.337. The van der Waals surface area contributed by atoms with Crippen molar-refractivity contribution in [1.29, 1.82) is 0 Å². The number of aliphatic hydroxyl groups is 1. The molecule has 4 rings (SSSR count). The van der Waals surface area contributed by atoms with E-state index in [0.29, 0.717) is 31.1 Å². The molecular weight excluding hydrogens is 616 g/mol. The smallest absolute Gasteiger partial charge is 0.206 e. The van der Waals surface area contributed by atoms with Crippen molar-refractivity contribution in [2.75, 3.05) is 26.4 Å². The van der Waals surface area contributed by atoms with Gasteiger partial charge in [0.15, 0.2) is 0 Å². The Morgan fingerprint density at radius 1 is 0.556 bits per heavy atom. The standard InChI is InChI=1S/C34H38O9S2/c1-33(2,36)25-5-13-29(14-6-25)45(39,40)32-19-11-28(12-20-32)42-23-21-41-22-24-43-34(3,4)26-7-15-30(16-8-26)44(37,38)31-17-9-27(35)10-18-31/h5-20,35-36H,21-24H2,1-4H3. The van der Waals surface area contributed by atoms with E-state index in [9.17, 15) is 27.0 Å². The van der Waals surface area contributed by atoms with Crippen molar-refractivity contribution in [3.05, 3.63) is 108 Å². The van der Waals surface area contributed by atoms with E-state index in [1.807, 2.05) is 13.8 Å². The molecule has 0 aliphatic carbocycles. The maximum Gasteiger partial charge on any atom is 0.206 e. The topological polar surface area (TPSA) is 136 Å². The molecule has 2 N–H and O–H groups in total. The van der Waals surface area contributed by atoms with E-state index in [1.165, 1.54) is 60.7 Å². The van der Waals surface area contributed by atoms with Gasteiger partial charge < -0.3 is 24.4 Å². The summed E-state index contributed by atoms with van der Waals surface area (Å²) in [5, 5.41) is 19.5. The Morgan fingerprint density at radius 2 is 0.956 bits per heavy atom. The number of hydrogen-bond donors (Lipinski definition) is 2. The third-order valence-corrected chi connectivity index (χ3v) is 10.8. The Labute approximate surface area is 264 Å². The van der Waals surface area contributed by atoms with Crippen LogP contribution in [0.4, 0.5) is 0 Å². The summed E-state index contributed by atoms with van der Waals surface area (Å²) in [5.74, 6) is 0.496. The first-order valence-electron chi connectivity index (χ1n) is 14.3. The normalized spacial score (nSPS) is 12.6. The van der Waals surface area contributed by atoms with Gasteiger partial charge in [-0.25, -0.2) is 16.8 Å². The third kappa shape index (κ3) is 8.50. The Hall–Kier alpha value is -3.74. The van der Waals surface area contributed by atoms with Gasteiger partial charge in [-0.15, -0.1) is 0 Å². The zero-order valence-electron chi connectivity index (χ0n) is 25.6. The SMILES string of the molecule is CC(C)(O)c1ccc(S(=O)(=O)c2ccc(OCCOCCOC(C)(C)c3ccc(S(=O)(=O)c4ccc(O)cc4)cc3)cc2)cc1. The molecule has 0 saturated heterocycles. The van der Waals surface area contributed by atoms with Gasteiger partial charge in [-0.05, 0) is 112 Å². The predicted molar refractivity (Wildman–Crippen MR) is 169 cm³/mol. The van der Waals surface area contributed by atoms with Crippen LogP contribution in [-0.2, 0) is 40.4 Å². The number of sulfone groups is 2. The monoisotopic (exact) mass is 654 g/mol. The number of rotatable bonds is 14. The summed E-state index contributed by atoms with van der Waals surface area (Å²) in [7, 11) is -7.43. The lowest BCUT2D eigenvalue weighted by atomic mass is 9.98. The van der Waals surface area contributed by atoms with Crippen molar-refractivity contribution in [1.82, 2.24) is 0 Å². The lowest BCUT2D eigenvalue weighted by molar-refractivity contribution is -0.0518. The molecule has 240 valence electrons. The average Bonchev–Trinajstić information content (AvgIpc) is 3.00. The Kier molecular flexibility index (Phi) is 10.4. The zero-order chi connectivity index (χ0) is 32.9. The number of phenols is 1. The highest BCUT2D eigenvalue weighted by atomic mass is 32.2. The summed E-state index contributed by atoms with van der Waals surface area (Å²) in [6.07, 6.45) is 0. The van der Waals surface area contributed by atoms with Crippen LogP contribution in [0.1, 0.15) is 38.8 Å². The summed E-state index contributed by atoms with van der Waals surface area (Å²) in [6, 6.07) is 24.2. The molecule has 11 heteroatoms. The highest BCUT2D eigenvalue weighted by Crippen LogP contribution is 2.29. The molecule has 0 radical (unpaired) electrons. The Morgan fingerprint density at radius 3 is 1.42 bits per heavy atom. The highest BCUT2D eigenvalue weighted by molar-refractivity contribution is 7.91. The number of benzene rings is 4. The first kappa shape index (κ1) is 34.1. The number of ether oxygens (including phenoxy) is 3. The van der Waals surface area contributed by atoms with Gasteiger partial charge in [0.1, 0.15) is 18.1 Å². The van der Waals surface area contributed by atoms with Crippen LogP contribution in [0.5, 0.6) is 11.5 Å². The summed E-state index contributed by atoms with van der Waals surface area (Å²) in [6.45, 7) is 8.19. The van der Waals surface area contributed by atoms with Gasteiger partial charge >= 0.3 is 0 Å². The molecule has 0 heterocycles. The zero-order valence-corrected chi connectivity index (χ0v) is 27.3. The van der Waals surface area contributed by atoms with Gasteiger partial charge in [0.25, 0.3) is 0 Å². The molecule has 0 spiro atoms. The second kappa shape index (κ2) is 13.7. The first-order valence-corrected chi connectivity index (χ1v) is 17.2. The van der Waals surface area contributed by atoms with E-state index in [4.69, 9.17) is 14.2 Å². The molecule has 0 aliphatic rings. The molecule has 0 unspecified atom stereocenters. The van der Waals surface area contributed by atoms with E-state index >= 15 is 0 Å². The number of phenolic OH excluding ortho intramolecular Hbond substituents is 1. The van der Waals surface area contributed by atoms with Gasteiger partial charge in [0.2, 0.25) is 19.7 Å². The van der Waals surface area contributed by atoms with Crippen LogP contribution in [0, 0.1) is 0 Å². The molecule has 0 aliphatic heterocycles. The molecule has 9 nitrogen and oxygen atoms in total. The van der Waals surface area contributed by atoms with Gasteiger partial charge in [0.05, 0.1) is 50.6 Å².